The second-order valence-electron chi connectivity index (χ2n) is 10.3. The molecule has 10 nitrogen and oxygen atoms in total. The molecule has 5 aromatic rings. The summed E-state index contributed by atoms with van der Waals surface area (Å²) >= 11 is 0. The lowest BCUT2D eigenvalue weighted by molar-refractivity contribution is -0.122. The lowest BCUT2D eigenvalue weighted by Crippen LogP contribution is -2.23. The van der Waals surface area contributed by atoms with Gasteiger partial charge in [0.25, 0.3) is 16.5 Å². The summed E-state index contributed by atoms with van der Waals surface area (Å²) < 4.78 is 30.3. The number of carboxylic acid groups (broad SMARTS) is 1. The molecule has 222 valence electrons. The minimum absolute atomic E-state index is 0.227. The largest absolute Gasteiger partial charge is 0.483 e. The number of carbonyl (C=O) groups is 1. The number of nitrogens with zero attached hydrogens (tertiary/aromatic N) is 4. The van der Waals surface area contributed by atoms with E-state index < -0.39 is 10.0 Å². The van der Waals surface area contributed by atoms with Crippen molar-refractivity contribution >= 4 is 44.6 Å². The summed E-state index contributed by atoms with van der Waals surface area (Å²) in [7, 11) is -3.65. The van der Waals surface area contributed by atoms with Crippen LogP contribution in [0, 0.1) is 6.92 Å². The molecule has 0 atom stereocenters. The molecule has 1 fully saturated rings. The minimum atomic E-state index is -3.65. The lowest BCUT2D eigenvalue weighted by atomic mass is 10.1. The minimum Gasteiger partial charge on any atom is -0.483 e. The number of nitrogens with one attached hydrogen (secondary N) is 2. The van der Waals surface area contributed by atoms with Gasteiger partial charge in [-0.05, 0) is 87.5 Å². The Morgan fingerprint density at radius 1 is 0.884 bits per heavy atom. The standard InChI is InChI=1S/C31H32N6O2S.CH2O2/c1-23-4-11-28(12-5-23)40(38,39)35-27-9-7-26(8-10-27)34-31-21-29(32-22-33-31)24-6-13-30-25(20-24)14-17-37(30)19-18-36-15-2-3-16-36;2-1-3/h4-14,17,20-22,35H,2-3,15-16,18-19H2,1H3,(H,32,33,34);1H,(H,2,3). The van der Waals surface area contributed by atoms with Crippen molar-refractivity contribution < 1.29 is 18.3 Å². The fourth-order valence-electron chi connectivity index (χ4n) is 5.09. The highest BCUT2D eigenvalue weighted by Gasteiger charge is 2.14. The van der Waals surface area contributed by atoms with Gasteiger partial charge in [0.05, 0.1) is 10.6 Å². The van der Waals surface area contributed by atoms with Crippen LogP contribution in [0.15, 0.2) is 96.3 Å². The van der Waals surface area contributed by atoms with Gasteiger partial charge in [-0.25, -0.2) is 18.4 Å². The Labute approximate surface area is 251 Å². The molecule has 0 spiro atoms. The molecule has 0 saturated carbocycles. The smallest absolute Gasteiger partial charge is 0.290 e. The highest BCUT2D eigenvalue weighted by molar-refractivity contribution is 7.92. The zero-order valence-electron chi connectivity index (χ0n) is 23.8. The first-order valence-electron chi connectivity index (χ1n) is 14.0. The summed E-state index contributed by atoms with van der Waals surface area (Å²) in [6.07, 6.45) is 6.34. The summed E-state index contributed by atoms with van der Waals surface area (Å²) in [6.45, 7) is 6.18. The van der Waals surface area contributed by atoms with E-state index in [4.69, 9.17) is 9.90 Å². The first-order valence-corrected chi connectivity index (χ1v) is 15.5. The van der Waals surface area contributed by atoms with E-state index in [1.807, 2.05) is 25.1 Å². The number of benzene rings is 3. The van der Waals surface area contributed by atoms with Crippen LogP contribution in [0.1, 0.15) is 18.4 Å². The van der Waals surface area contributed by atoms with E-state index in [2.05, 4.69) is 59.9 Å². The van der Waals surface area contributed by atoms with E-state index in [-0.39, 0.29) is 11.4 Å². The second kappa shape index (κ2) is 13.5. The molecule has 0 amide bonds. The molecule has 3 aromatic carbocycles. The van der Waals surface area contributed by atoms with Crippen molar-refractivity contribution in [2.24, 2.45) is 0 Å². The van der Waals surface area contributed by atoms with Gasteiger partial charge < -0.3 is 19.9 Å². The second-order valence-corrected chi connectivity index (χ2v) is 12.0. The summed E-state index contributed by atoms with van der Waals surface area (Å²) in [6, 6.07) is 24.3. The molecule has 11 heteroatoms. The monoisotopic (exact) mass is 598 g/mol. The summed E-state index contributed by atoms with van der Waals surface area (Å²) in [5.74, 6) is 0.654. The maximum atomic E-state index is 12.7. The molecule has 1 aliphatic heterocycles. The van der Waals surface area contributed by atoms with Gasteiger partial charge >= 0.3 is 0 Å². The van der Waals surface area contributed by atoms with Crippen LogP contribution in [0.3, 0.4) is 0 Å². The van der Waals surface area contributed by atoms with Gasteiger partial charge in [0.15, 0.2) is 0 Å². The Morgan fingerprint density at radius 2 is 1.58 bits per heavy atom. The third-order valence-corrected chi connectivity index (χ3v) is 8.73. The normalized spacial score (nSPS) is 13.3. The number of hydrogen-bond donors (Lipinski definition) is 3. The van der Waals surface area contributed by atoms with E-state index >= 15 is 0 Å². The van der Waals surface area contributed by atoms with Crippen molar-refractivity contribution in [2.45, 2.75) is 31.2 Å². The fraction of sp³-hybridized carbons (Fsp3) is 0.219. The highest BCUT2D eigenvalue weighted by Crippen LogP contribution is 2.27. The van der Waals surface area contributed by atoms with Crippen molar-refractivity contribution in [3.8, 4) is 11.3 Å². The number of likely N-dealkylation sites (tertiary alicyclic amines) is 1. The van der Waals surface area contributed by atoms with Crippen LogP contribution in [0.25, 0.3) is 22.2 Å². The Balaban J connectivity index is 0.00000118. The molecule has 0 bridgehead atoms. The number of fused-ring (bicyclic) bond motifs is 1. The van der Waals surface area contributed by atoms with Gasteiger partial charge in [0.2, 0.25) is 0 Å². The predicted octanol–water partition coefficient (Wildman–Crippen LogP) is 5.75. The van der Waals surface area contributed by atoms with Gasteiger partial charge in [-0.3, -0.25) is 9.52 Å². The fourth-order valence-corrected chi connectivity index (χ4v) is 6.15. The summed E-state index contributed by atoms with van der Waals surface area (Å²) in [4.78, 5) is 20.0. The van der Waals surface area contributed by atoms with Gasteiger partial charge in [0.1, 0.15) is 12.1 Å². The van der Waals surface area contributed by atoms with Crippen molar-refractivity contribution in [2.75, 3.05) is 29.7 Å². The maximum Gasteiger partial charge on any atom is 0.290 e. The molecule has 6 rings (SSSR count). The van der Waals surface area contributed by atoms with E-state index in [1.54, 1.807) is 42.7 Å². The van der Waals surface area contributed by atoms with E-state index in [1.165, 1.54) is 36.8 Å². The molecule has 2 aromatic heterocycles. The predicted molar refractivity (Wildman–Crippen MR) is 169 cm³/mol. The van der Waals surface area contributed by atoms with Crippen molar-refractivity contribution in [1.29, 1.82) is 0 Å². The Morgan fingerprint density at radius 3 is 2.30 bits per heavy atom. The first-order chi connectivity index (χ1) is 20.8. The summed E-state index contributed by atoms with van der Waals surface area (Å²) in [5.41, 5.74) is 5.35. The zero-order chi connectivity index (χ0) is 30.2. The molecule has 43 heavy (non-hydrogen) atoms. The molecule has 0 radical (unpaired) electrons. The average Bonchev–Trinajstić information content (AvgIpc) is 3.67. The third kappa shape index (κ3) is 7.56. The van der Waals surface area contributed by atoms with Crippen LogP contribution in [-0.2, 0) is 21.4 Å². The Bertz CT molecular complexity index is 1780. The molecule has 1 aliphatic rings. The van der Waals surface area contributed by atoms with E-state index in [0.717, 1.165) is 35.6 Å². The van der Waals surface area contributed by atoms with Crippen molar-refractivity contribution in [3.63, 3.8) is 0 Å². The third-order valence-electron chi connectivity index (χ3n) is 7.33. The van der Waals surface area contributed by atoms with Crippen molar-refractivity contribution in [1.82, 2.24) is 19.4 Å². The SMILES string of the molecule is Cc1ccc(S(=O)(=O)Nc2ccc(Nc3cc(-c4ccc5c(ccn5CCN5CCCC5)c4)ncn3)cc2)cc1.O=CO. The summed E-state index contributed by atoms with van der Waals surface area (Å²) in [5, 5.41) is 11.4. The van der Waals surface area contributed by atoms with Gasteiger partial charge in [-0.1, -0.05) is 23.8 Å². The number of sulfonamides is 1. The molecular weight excluding hydrogens is 564 g/mol. The van der Waals surface area contributed by atoms with Crippen LogP contribution in [0.4, 0.5) is 17.2 Å². The van der Waals surface area contributed by atoms with Crippen LogP contribution in [0.2, 0.25) is 0 Å². The van der Waals surface area contributed by atoms with Gasteiger partial charge in [-0.2, -0.15) is 0 Å². The average molecular weight is 599 g/mol. The van der Waals surface area contributed by atoms with Crippen LogP contribution in [-0.4, -0.2) is 59.1 Å². The molecular formula is C32H34N6O4S. The molecule has 3 N–H and O–H groups in total. The number of hydrogen-bond acceptors (Lipinski definition) is 7. The highest BCUT2D eigenvalue weighted by atomic mass is 32.2. The number of aromatic nitrogens is 3. The first kappa shape index (κ1) is 29.7. The number of anilines is 3. The number of aryl methyl sites for hydroxylation is 1. The Kier molecular flexibility index (Phi) is 9.33. The molecule has 0 unspecified atom stereocenters. The lowest BCUT2D eigenvalue weighted by Gasteiger charge is -2.15. The van der Waals surface area contributed by atoms with E-state index in [0.29, 0.717) is 11.5 Å². The molecule has 1 saturated heterocycles. The quantitative estimate of drug-likeness (QED) is 0.183. The molecule has 0 aliphatic carbocycles. The van der Waals surface area contributed by atoms with E-state index in [9.17, 15) is 8.42 Å². The van der Waals surface area contributed by atoms with Crippen LogP contribution >= 0.6 is 0 Å². The zero-order valence-corrected chi connectivity index (χ0v) is 24.7. The van der Waals surface area contributed by atoms with Crippen LogP contribution in [0.5, 0.6) is 0 Å². The van der Waals surface area contributed by atoms with Gasteiger partial charge in [-0.15, -0.1) is 0 Å². The van der Waals surface area contributed by atoms with Crippen molar-refractivity contribution in [3.05, 3.63) is 97.0 Å². The maximum absolute atomic E-state index is 12.7. The van der Waals surface area contributed by atoms with Gasteiger partial charge in [0, 0.05) is 53.2 Å². The Hall–Kier alpha value is -4.74. The topological polar surface area (TPSA) is 129 Å². The molecule has 3 heterocycles. The number of rotatable bonds is 9. The van der Waals surface area contributed by atoms with Crippen LogP contribution < -0.4 is 10.0 Å².